The Balaban J connectivity index is 1.80. The van der Waals surface area contributed by atoms with Gasteiger partial charge in [-0.25, -0.2) is 4.39 Å². The number of rotatable bonds is 5. The summed E-state index contributed by atoms with van der Waals surface area (Å²) in [5, 5.41) is 2.75. The normalized spacial score (nSPS) is 15.8. The van der Waals surface area contributed by atoms with Gasteiger partial charge in [0.2, 0.25) is 0 Å². The Morgan fingerprint density at radius 3 is 2.80 bits per heavy atom. The van der Waals surface area contributed by atoms with Crippen LogP contribution in [0.25, 0.3) is 0 Å². The molecule has 2 rings (SSSR count). The lowest BCUT2D eigenvalue weighted by molar-refractivity contribution is 0.0943. The number of carbonyl (C=O) groups excluding carboxylic acids is 1. The number of hydrogen-bond donors (Lipinski definition) is 2. The molecule has 0 aromatic heterocycles. The Morgan fingerprint density at radius 2 is 2.15 bits per heavy atom. The number of amides is 1. The van der Waals surface area contributed by atoms with Crippen molar-refractivity contribution >= 4 is 11.6 Å². The Morgan fingerprint density at radius 1 is 1.45 bits per heavy atom. The number of nitrogens with one attached hydrogen (secondary N) is 1. The van der Waals surface area contributed by atoms with Crippen LogP contribution in [0.4, 0.5) is 10.1 Å². The molecule has 5 heteroatoms. The van der Waals surface area contributed by atoms with E-state index in [1.807, 2.05) is 0 Å². The van der Waals surface area contributed by atoms with Gasteiger partial charge in [-0.3, -0.25) is 4.79 Å². The molecule has 0 heterocycles. The fraction of sp³-hybridized carbons (Fsp3) is 0.533. The summed E-state index contributed by atoms with van der Waals surface area (Å²) in [5.41, 5.74) is 5.82. The number of nitrogens with zero attached hydrogens (tertiary/aromatic N) is 1. The molecule has 0 spiro atoms. The van der Waals surface area contributed by atoms with E-state index in [0.717, 1.165) is 6.54 Å². The zero-order valence-electron chi connectivity index (χ0n) is 11.9. The molecule has 3 N–H and O–H groups in total. The highest BCUT2D eigenvalue weighted by Crippen LogP contribution is 2.21. The van der Waals surface area contributed by atoms with Gasteiger partial charge in [0.1, 0.15) is 5.82 Å². The van der Waals surface area contributed by atoms with Crippen molar-refractivity contribution in [1.29, 1.82) is 0 Å². The number of nitrogens with two attached hydrogens (primary N) is 1. The van der Waals surface area contributed by atoms with Crippen LogP contribution in [0.15, 0.2) is 18.2 Å². The molecule has 0 radical (unpaired) electrons. The highest BCUT2D eigenvalue weighted by Gasteiger charge is 2.19. The summed E-state index contributed by atoms with van der Waals surface area (Å²) >= 11 is 0. The van der Waals surface area contributed by atoms with Crippen LogP contribution in [0.3, 0.4) is 0 Å². The number of hydrogen-bond acceptors (Lipinski definition) is 3. The topological polar surface area (TPSA) is 58.4 Å². The smallest absolute Gasteiger partial charge is 0.254 e. The maximum atomic E-state index is 13.6. The lowest BCUT2D eigenvalue weighted by Crippen LogP contribution is -2.37. The predicted molar refractivity (Wildman–Crippen MR) is 78.0 cm³/mol. The van der Waals surface area contributed by atoms with E-state index in [0.29, 0.717) is 18.3 Å². The van der Waals surface area contributed by atoms with Crippen LogP contribution >= 0.6 is 0 Å². The Bertz CT molecular complexity index is 472. The van der Waals surface area contributed by atoms with E-state index >= 15 is 0 Å². The first-order chi connectivity index (χ1) is 9.58. The first-order valence-corrected chi connectivity index (χ1v) is 7.11. The maximum Gasteiger partial charge on any atom is 0.254 e. The Hall–Kier alpha value is -1.62. The lowest BCUT2D eigenvalue weighted by Gasteiger charge is -2.23. The van der Waals surface area contributed by atoms with Crippen LogP contribution in [0, 0.1) is 5.82 Å². The second kappa shape index (κ2) is 6.70. The van der Waals surface area contributed by atoms with E-state index in [9.17, 15) is 9.18 Å². The molecule has 20 heavy (non-hydrogen) atoms. The molecule has 4 nitrogen and oxygen atoms in total. The molecular weight excluding hydrogens is 257 g/mol. The van der Waals surface area contributed by atoms with Gasteiger partial charge in [0.05, 0.1) is 5.56 Å². The Kier molecular flexibility index (Phi) is 4.95. The van der Waals surface area contributed by atoms with Gasteiger partial charge >= 0.3 is 0 Å². The van der Waals surface area contributed by atoms with Crippen LogP contribution in [0.2, 0.25) is 0 Å². The van der Waals surface area contributed by atoms with Crippen molar-refractivity contribution in [2.45, 2.75) is 31.7 Å². The minimum absolute atomic E-state index is 0.0442. The summed E-state index contributed by atoms with van der Waals surface area (Å²) in [7, 11) is 2.08. The van der Waals surface area contributed by atoms with Gasteiger partial charge in [0.15, 0.2) is 0 Å². The van der Waals surface area contributed by atoms with Crippen molar-refractivity contribution in [3.05, 3.63) is 29.6 Å². The monoisotopic (exact) mass is 279 g/mol. The van der Waals surface area contributed by atoms with E-state index in [-0.39, 0.29) is 11.5 Å². The zero-order valence-corrected chi connectivity index (χ0v) is 11.9. The molecule has 1 aromatic carbocycles. The Labute approximate surface area is 119 Å². The molecule has 1 aliphatic rings. The first-order valence-electron chi connectivity index (χ1n) is 7.11. The van der Waals surface area contributed by atoms with Gasteiger partial charge < -0.3 is 16.0 Å². The summed E-state index contributed by atoms with van der Waals surface area (Å²) in [5.74, 6) is -0.964. The number of halogens is 1. The number of anilines is 1. The molecule has 1 fully saturated rings. The van der Waals surface area contributed by atoms with E-state index in [4.69, 9.17) is 5.73 Å². The molecule has 1 aliphatic carbocycles. The number of likely N-dealkylation sites (N-methyl/N-ethyl adjacent to an activating group) is 1. The molecule has 0 atom stereocenters. The molecule has 1 saturated carbocycles. The number of nitrogen functional groups attached to an aromatic ring is 1. The predicted octanol–water partition coefficient (Wildman–Crippen LogP) is 2.01. The van der Waals surface area contributed by atoms with Crippen LogP contribution < -0.4 is 11.1 Å². The summed E-state index contributed by atoms with van der Waals surface area (Å²) in [6, 6.07) is 4.74. The van der Waals surface area contributed by atoms with Gasteiger partial charge in [-0.05, 0) is 38.1 Å². The van der Waals surface area contributed by atoms with Gasteiger partial charge in [-0.15, -0.1) is 0 Å². The van der Waals surface area contributed by atoms with Crippen LogP contribution in [0.5, 0.6) is 0 Å². The standard InChI is InChI=1S/C15H22FN3O/c1-19(12-4-2-3-5-12)9-8-18-15(20)13-7-6-11(17)10-14(13)16/h6-7,10,12H,2-5,8-9,17H2,1H3,(H,18,20). The second-order valence-electron chi connectivity index (χ2n) is 5.41. The molecule has 1 amide bonds. The van der Waals surface area contributed by atoms with E-state index < -0.39 is 5.82 Å². The molecule has 1 aromatic rings. The molecular formula is C15H22FN3O. The number of carbonyl (C=O) groups is 1. The van der Waals surface area contributed by atoms with Gasteiger partial charge in [-0.2, -0.15) is 0 Å². The summed E-state index contributed by atoms with van der Waals surface area (Å²) in [4.78, 5) is 14.1. The first kappa shape index (κ1) is 14.8. The fourth-order valence-corrected chi connectivity index (χ4v) is 2.68. The van der Waals surface area contributed by atoms with Crippen LogP contribution in [-0.2, 0) is 0 Å². The molecule has 0 saturated heterocycles. The van der Waals surface area contributed by atoms with Crippen LogP contribution in [0.1, 0.15) is 36.0 Å². The zero-order chi connectivity index (χ0) is 14.5. The summed E-state index contributed by atoms with van der Waals surface area (Å²) in [6.45, 7) is 1.31. The van der Waals surface area contributed by atoms with E-state index in [1.165, 1.54) is 43.9 Å². The van der Waals surface area contributed by atoms with Crippen molar-refractivity contribution < 1.29 is 9.18 Å². The average Bonchev–Trinajstić information content (AvgIpc) is 2.92. The lowest BCUT2D eigenvalue weighted by atomic mass is 10.2. The maximum absolute atomic E-state index is 13.6. The third kappa shape index (κ3) is 3.70. The van der Waals surface area contributed by atoms with Crippen molar-refractivity contribution in [2.75, 3.05) is 25.9 Å². The van der Waals surface area contributed by atoms with Crippen molar-refractivity contribution in [1.82, 2.24) is 10.2 Å². The van der Waals surface area contributed by atoms with Gasteiger partial charge in [0, 0.05) is 24.8 Å². The molecule has 0 aliphatic heterocycles. The minimum Gasteiger partial charge on any atom is -0.399 e. The van der Waals surface area contributed by atoms with Crippen molar-refractivity contribution in [2.24, 2.45) is 0 Å². The van der Waals surface area contributed by atoms with Crippen molar-refractivity contribution in [3.8, 4) is 0 Å². The largest absolute Gasteiger partial charge is 0.399 e. The SMILES string of the molecule is CN(CCNC(=O)c1ccc(N)cc1F)C1CCCC1. The third-order valence-corrected chi connectivity index (χ3v) is 3.94. The highest BCUT2D eigenvalue weighted by molar-refractivity contribution is 5.94. The van der Waals surface area contributed by atoms with Crippen molar-refractivity contribution in [3.63, 3.8) is 0 Å². The van der Waals surface area contributed by atoms with Gasteiger partial charge in [0.25, 0.3) is 5.91 Å². The summed E-state index contributed by atoms with van der Waals surface area (Å²) < 4.78 is 13.6. The molecule has 0 unspecified atom stereocenters. The third-order valence-electron chi connectivity index (χ3n) is 3.94. The quantitative estimate of drug-likeness (QED) is 0.811. The molecule has 110 valence electrons. The minimum atomic E-state index is -0.577. The average molecular weight is 279 g/mol. The van der Waals surface area contributed by atoms with E-state index in [1.54, 1.807) is 0 Å². The summed E-state index contributed by atoms with van der Waals surface area (Å²) in [6.07, 6.45) is 5.05. The second-order valence-corrected chi connectivity index (χ2v) is 5.41. The number of benzene rings is 1. The molecule has 0 bridgehead atoms. The van der Waals surface area contributed by atoms with E-state index in [2.05, 4.69) is 17.3 Å². The van der Waals surface area contributed by atoms with Gasteiger partial charge in [-0.1, -0.05) is 12.8 Å². The highest BCUT2D eigenvalue weighted by atomic mass is 19.1. The van der Waals surface area contributed by atoms with Crippen LogP contribution in [-0.4, -0.2) is 37.0 Å². The fourth-order valence-electron chi connectivity index (χ4n) is 2.68.